The Balaban J connectivity index is 2.00. The number of aliphatic hydroxyl groups is 1. The van der Waals surface area contributed by atoms with Crippen LogP contribution in [0.5, 0.6) is 0 Å². The second kappa shape index (κ2) is 7.92. The number of amides is 3. The van der Waals surface area contributed by atoms with Gasteiger partial charge in [0.05, 0.1) is 5.57 Å². The van der Waals surface area contributed by atoms with Gasteiger partial charge in [0.2, 0.25) is 5.91 Å². The molecular weight excluding hydrogens is 346 g/mol. The highest BCUT2D eigenvalue weighted by atomic mass is 16.3. The number of nitrogens with one attached hydrogen (secondary N) is 1. The molecule has 2 aliphatic rings. The molecule has 2 heterocycles. The molecule has 0 saturated carbocycles. The second-order valence-corrected chi connectivity index (χ2v) is 6.97. The molecule has 144 valence electrons. The van der Waals surface area contributed by atoms with Crippen LogP contribution in [0.3, 0.4) is 0 Å². The Hall–Kier alpha value is -2.67. The van der Waals surface area contributed by atoms with Crippen LogP contribution in [-0.4, -0.2) is 58.9 Å². The number of carbonyl (C=O) groups excluding carboxylic acids is 3. The van der Waals surface area contributed by atoms with Gasteiger partial charge in [0, 0.05) is 38.9 Å². The van der Waals surface area contributed by atoms with Gasteiger partial charge in [-0.25, -0.2) is 0 Å². The minimum atomic E-state index is -0.295. The van der Waals surface area contributed by atoms with E-state index in [9.17, 15) is 19.5 Å². The molecule has 0 radical (unpaired) electrons. The predicted octanol–water partition coefficient (Wildman–Crippen LogP) is 1.45. The minimum absolute atomic E-state index is 0.0736. The lowest BCUT2D eigenvalue weighted by atomic mass is 9.97. The number of likely N-dealkylation sites (tertiary alicyclic amines) is 1. The predicted molar refractivity (Wildman–Crippen MR) is 101 cm³/mol. The van der Waals surface area contributed by atoms with E-state index in [0.717, 1.165) is 12.8 Å². The van der Waals surface area contributed by atoms with Crippen LogP contribution >= 0.6 is 0 Å². The summed E-state index contributed by atoms with van der Waals surface area (Å²) in [7, 11) is 0. The SMILES string of the molecule is CCN1C(=O)C(c2ccc(NC(C)=O)cc2)=C(N2CCCC(CO)C2)C1=O. The van der Waals surface area contributed by atoms with Crippen molar-refractivity contribution >= 4 is 29.0 Å². The molecule has 1 aromatic carbocycles. The molecule has 2 aliphatic heterocycles. The van der Waals surface area contributed by atoms with Gasteiger partial charge in [-0.05, 0) is 43.4 Å². The average molecular weight is 371 g/mol. The van der Waals surface area contributed by atoms with E-state index in [-0.39, 0.29) is 30.2 Å². The molecule has 3 amide bonds. The monoisotopic (exact) mass is 371 g/mol. The van der Waals surface area contributed by atoms with E-state index >= 15 is 0 Å². The van der Waals surface area contributed by atoms with Crippen molar-refractivity contribution in [2.45, 2.75) is 26.7 Å². The molecule has 1 fully saturated rings. The lowest BCUT2D eigenvalue weighted by molar-refractivity contribution is -0.137. The van der Waals surface area contributed by atoms with Crippen LogP contribution in [0.25, 0.3) is 5.57 Å². The van der Waals surface area contributed by atoms with Crippen molar-refractivity contribution < 1.29 is 19.5 Å². The zero-order valence-electron chi connectivity index (χ0n) is 15.7. The van der Waals surface area contributed by atoms with Gasteiger partial charge in [0.15, 0.2) is 0 Å². The van der Waals surface area contributed by atoms with Gasteiger partial charge in [-0.2, -0.15) is 0 Å². The molecule has 0 spiro atoms. The van der Waals surface area contributed by atoms with Gasteiger partial charge >= 0.3 is 0 Å². The van der Waals surface area contributed by atoms with E-state index in [1.54, 1.807) is 31.2 Å². The summed E-state index contributed by atoms with van der Waals surface area (Å²) in [6.45, 7) is 4.85. The molecule has 1 unspecified atom stereocenters. The van der Waals surface area contributed by atoms with Crippen LogP contribution in [0.15, 0.2) is 30.0 Å². The molecule has 27 heavy (non-hydrogen) atoms. The van der Waals surface area contributed by atoms with Crippen LogP contribution in [0.2, 0.25) is 0 Å². The summed E-state index contributed by atoms with van der Waals surface area (Å²) >= 11 is 0. The normalized spacial score (nSPS) is 20.5. The highest BCUT2D eigenvalue weighted by Crippen LogP contribution is 2.34. The average Bonchev–Trinajstić information content (AvgIpc) is 2.91. The van der Waals surface area contributed by atoms with E-state index in [4.69, 9.17) is 0 Å². The smallest absolute Gasteiger partial charge is 0.277 e. The zero-order valence-corrected chi connectivity index (χ0v) is 15.7. The molecule has 7 nitrogen and oxygen atoms in total. The fourth-order valence-electron chi connectivity index (χ4n) is 3.74. The van der Waals surface area contributed by atoms with Gasteiger partial charge in [-0.15, -0.1) is 0 Å². The first-order valence-electron chi connectivity index (χ1n) is 9.30. The maximum atomic E-state index is 12.9. The van der Waals surface area contributed by atoms with E-state index in [2.05, 4.69) is 5.32 Å². The summed E-state index contributed by atoms with van der Waals surface area (Å²) < 4.78 is 0. The number of benzene rings is 1. The van der Waals surface area contributed by atoms with Crippen molar-refractivity contribution in [3.8, 4) is 0 Å². The van der Waals surface area contributed by atoms with Crippen LogP contribution < -0.4 is 5.32 Å². The maximum absolute atomic E-state index is 12.9. The summed E-state index contributed by atoms with van der Waals surface area (Å²) in [6, 6.07) is 6.94. The van der Waals surface area contributed by atoms with Crippen molar-refractivity contribution in [2.75, 3.05) is 31.6 Å². The van der Waals surface area contributed by atoms with Gasteiger partial charge in [-0.3, -0.25) is 19.3 Å². The van der Waals surface area contributed by atoms with Crippen molar-refractivity contribution in [3.63, 3.8) is 0 Å². The van der Waals surface area contributed by atoms with Crippen molar-refractivity contribution in [1.82, 2.24) is 9.80 Å². The molecule has 1 atom stereocenters. The van der Waals surface area contributed by atoms with Crippen LogP contribution in [0, 0.1) is 5.92 Å². The van der Waals surface area contributed by atoms with E-state index in [1.165, 1.54) is 11.8 Å². The Labute approximate surface area is 158 Å². The summed E-state index contributed by atoms with van der Waals surface area (Å²) in [6.07, 6.45) is 1.79. The fraction of sp³-hybridized carbons (Fsp3) is 0.450. The van der Waals surface area contributed by atoms with Gasteiger partial charge in [-0.1, -0.05) is 12.1 Å². The maximum Gasteiger partial charge on any atom is 0.277 e. The first kappa shape index (κ1) is 19.1. The number of likely N-dealkylation sites (N-methyl/N-ethyl adjacent to an activating group) is 1. The fourth-order valence-corrected chi connectivity index (χ4v) is 3.74. The number of aliphatic hydroxyl groups excluding tert-OH is 1. The van der Waals surface area contributed by atoms with Crippen molar-refractivity contribution in [2.24, 2.45) is 5.92 Å². The van der Waals surface area contributed by atoms with Crippen LogP contribution in [0.4, 0.5) is 5.69 Å². The van der Waals surface area contributed by atoms with E-state index in [1.807, 2.05) is 4.90 Å². The number of imide groups is 1. The molecule has 0 aliphatic carbocycles. The third-order valence-corrected chi connectivity index (χ3v) is 5.05. The van der Waals surface area contributed by atoms with Gasteiger partial charge < -0.3 is 15.3 Å². The number of hydrogen-bond donors (Lipinski definition) is 2. The topological polar surface area (TPSA) is 90.0 Å². The molecule has 1 saturated heterocycles. The number of anilines is 1. The molecular formula is C20H25N3O4. The molecule has 3 rings (SSSR count). The largest absolute Gasteiger partial charge is 0.396 e. The molecule has 0 aromatic heterocycles. The highest BCUT2D eigenvalue weighted by molar-refractivity contribution is 6.35. The molecule has 2 N–H and O–H groups in total. The zero-order chi connectivity index (χ0) is 19.6. The first-order valence-corrected chi connectivity index (χ1v) is 9.30. The number of piperidine rings is 1. The summed E-state index contributed by atoms with van der Waals surface area (Å²) in [5.41, 5.74) is 2.11. The molecule has 0 bridgehead atoms. The van der Waals surface area contributed by atoms with Crippen molar-refractivity contribution in [1.29, 1.82) is 0 Å². The van der Waals surface area contributed by atoms with E-state index < -0.39 is 0 Å². The third-order valence-electron chi connectivity index (χ3n) is 5.05. The third kappa shape index (κ3) is 3.73. The Kier molecular flexibility index (Phi) is 5.60. The minimum Gasteiger partial charge on any atom is -0.396 e. The van der Waals surface area contributed by atoms with Crippen LogP contribution in [-0.2, 0) is 14.4 Å². The Morgan fingerprint density at radius 3 is 2.52 bits per heavy atom. The lowest BCUT2D eigenvalue weighted by Crippen LogP contribution is -2.40. The summed E-state index contributed by atoms with van der Waals surface area (Å²) in [5, 5.41) is 12.2. The number of hydrogen-bond acceptors (Lipinski definition) is 5. The van der Waals surface area contributed by atoms with E-state index in [0.29, 0.717) is 42.2 Å². The van der Waals surface area contributed by atoms with Crippen LogP contribution in [0.1, 0.15) is 32.3 Å². The van der Waals surface area contributed by atoms with Gasteiger partial charge in [0.1, 0.15) is 5.70 Å². The number of rotatable bonds is 5. The van der Waals surface area contributed by atoms with Gasteiger partial charge in [0.25, 0.3) is 11.8 Å². The first-order chi connectivity index (χ1) is 13.0. The Morgan fingerprint density at radius 1 is 1.22 bits per heavy atom. The Morgan fingerprint density at radius 2 is 1.93 bits per heavy atom. The Bertz CT molecular complexity index is 785. The standard InChI is InChI=1S/C20H25N3O4/c1-3-23-19(26)17(15-6-8-16(9-7-15)21-13(2)25)18(20(23)27)22-10-4-5-14(11-22)12-24/h6-9,14,24H,3-5,10-12H2,1-2H3,(H,21,25). The second-order valence-electron chi connectivity index (χ2n) is 6.97. The molecule has 1 aromatic rings. The summed E-state index contributed by atoms with van der Waals surface area (Å²) in [5.74, 6) is -0.638. The lowest BCUT2D eigenvalue weighted by Gasteiger charge is -2.34. The number of nitrogens with zero attached hydrogens (tertiary/aromatic N) is 2. The molecule has 7 heteroatoms. The van der Waals surface area contributed by atoms with Crippen molar-refractivity contribution in [3.05, 3.63) is 35.5 Å². The quantitative estimate of drug-likeness (QED) is 0.765. The summed E-state index contributed by atoms with van der Waals surface area (Å²) in [4.78, 5) is 40.2. The highest BCUT2D eigenvalue weighted by Gasteiger charge is 2.41. The number of carbonyl (C=O) groups is 3.